The summed E-state index contributed by atoms with van der Waals surface area (Å²) in [6.07, 6.45) is -2.40. The van der Waals surface area contributed by atoms with Crippen LogP contribution in [0.15, 0.2) is 0 Å². The summed E-state index contributed by atoms with van der Waals surface area (Å²) in [5.41, 5.74) is 0.0603. The van der Waals surface area contributed by atoms with Crippen molar-refractivity contribution < 1.29 is 23.1 Å². The molecule has 2 atom stereocenters. The van der Waals surface area contributed by atoms with Crippen LogP contribution in [-0.4, -0.2) is 48.2 Å². The average molecular weight is 309 g/mol. The fourth-order valence-electron chi connectivity index (χ4n) is 3.02. The van der Waals surface area contributed by atoms with Crippen LogP contribution in [0.5, 0.6) is 0 Å². The van der Waals surface area contributed by atoms with Gasteiger partial charge in [0, 0.05) is 25.4 Å². The van der Waals surface area contributed by atoms with E-state index in [2.05, 4.69) is 20.8 Å². The topological polar surface area (TPSA) is 40.5 Å². The minimum atomic E-state index is -4.31. The standard InChI is InChI=1S/C15H26F3NO2/c1-14(2,3)12-4-5-13(21)11(8-12)9-19(6-7-20)10-15(16,17)18/h11-12,20H,4-10H2,1-3H3. The number of ketones is 1. The lowest BCUT2D eigenvalue weighted by Crippen LogP contribution is -2.43. The summed E-state index contributed by atoms with van der Waals surface area (Å²) in [7, 11) is 0. The zero-order valence-electron chi connectivity index (χ0n) is 13.0. The highest BCUT2D eigenvalue weighted by Gasteiger charge is 2.37. The van der Waals surface area contributed by atoms with E-state index in [-0.39, 0.29) is 36.8 Å². The second-order valence-corrected chi connectivity index (χ2v) is 7.07. The Morgan fingerprint density at radius 2 is 1.90 bits per heavy atom. The van der Waals surface area contributed by atoms with E-state index in [0.29, 0.717) is 18.8 Å². The number of aliphatic hydroxyl groups is 1. The zero-order chi connectivity index (χ0) is 16.3. The van der Waals surface area contributed by atoms with E-state index in [1.54, 1.807) is 0 Å². The molecule has 1 aliphatic carbocycles. The van der Waals surface area contributed by atoms with E-state index < -0.39 is 12.7 Å². The van der Waals surface area contributed by atoms with Gasteiger partial charge in [0.25, 0.3) is 0 Å². The smallest absolute Gasteiger partial charge is 0.395 e. The summed E-state index contributed by atoms with van der Waals surface area (Å²) in [5, 5.41) is 8.92. The van der Waals surface area contributed by atoms with E-state index in [9.17, 15) is 18.0 Å². The molecule has 6 heteroatoms. The van der Waals surface area contributed by atoms with Gasteiger partial charge in [0.15, 0.2) is 0 Å². The Morgan fingerprint density at radius 3 is 2.38 bits per heavy atom. The van der Waals surface area contributed by atoms with E-state index in [4.69, 9.17) is 5.11 Å². The van der Waals surface area contributed by atoms with Gasteiger partial charge in [0.05, 0.1) is 13.2 Å². The number of hydrogen-bond donors (Lipinski definition) is 1. The molecular formula is C15H26F3NO2. The van der Waals surface area contributed by atoms with Crippen LogP contribution in [0.2, 0.25) is 0 Å². The maximum atomic E-state index is 12.5. The third kappa shape index (κ3) is 6.34. The molecule has 0 saturated heterocycles. The van der Waals surface area contributed by atoms with Gasteiger partial charge in [-0.25, -0.2) is 0 Å². The molecule has 0 aromatic rings. The number of carbonyl (C=O) groups is 1. The Kier molecular flexibility index (Phi) is 6.23. The highest BCUT2D eigenvalue weighted by Crippen LogP contribution is 2.39. The van der Waals surface area contributed by atoms with Gasteiger partial charge in [-0.2, -0.15) is 13.2 Å². The lowest BCUT2D eigenvalue weighted by Gasteiger charge is -2.38. The first-order valence-electron chi connectivity index (χ1n) is 7.45. The minimum Gasteiger partial charge on any atom is -0.395 e. The molecule has 3 nitrogen and oxygen atoms in total. The highest BCUT2D eigenvalue weighted by molar-refractivity contribution is 5.82. The molecule has 124 valence electrons. The number of Topliss-reactive ketones (excluding diaryl/α,β-unsaturated/α-hetero) is 1. The SMILES string of the molecule is CC(C)(C)C1CCC(=O)C(CN(CCO)CC(F)(F)F)C1. The molecule has 0 spiro atoms. The van der Waals surface area contributed by atoms with Crippen molar-refractivity contribution in [3.8, 4) is 0 Å². The first-order valence-corrected chi connectivity index (χ1v) is 7.45. The molecule has 0 aromatic heterocycles. The summed E-state index contributed by atoms with van der Waals surface area (Å²) < 4.78 is 37.6. The fourth-order valence-corrected chi connectivity index (χ4v) is 3.02. The number of nitrogens with zero attached hydrogens (tertiary/aromatic N) is 1. The Labute approximate surface area is 124 Å². The van der Waals surface area contributed by atoms with Crippen molar-refractivity contribution in [2.24, 2.45) is 17.3 Å². The third-order valence-corrected chi connectivity index (χ3v) is 4.29. The van der Waals surface area contributed by atoms with E-state index in [1.165, 1.54) is 0 Å². The second-order valence-electron chi connectivity index (χ2n) is 7.07. The van der Waals surface area contributed by atoms with Crippen molar-refractivity contribution in [2.75, 3.05) is 26.2 Å². The molecule has 1 rings (SSSR count). The van der Waals surface area contributed by atoms with Crippen molar-refractivity contribution in [1.82, 2.24) is 4.90 Å². The highest BCUT2D eigenvalue weighted by atomic mass is 19.4. The summed E-state index contributed by atoms with van der Waals surface area (Å²) in [6, 6.07) is 0. The largest absolute Gasteiger partial charge is 0.401 e. The molecule has 1 N–H and O–H groups in total. The normalized spacial score (nSPS) is 24.7. The minimum absolute atomic E-state index is 0.0521. The van der Waals surface area contributed by atoms with Crippen molar-refractivity contribution >= 4 is 5.78 Å². The lowest BCUT2D eigenvalue weighted by molar-refractivity contribution is -0.151. The third-order valence-electron chi connectivity index (χ3n) is 4.29. The van der Waals surface area contributed by atoms with Gasteiger partial charge in [0.2, 0.25) is 0 Å². The quantitative estimate of drug-likeness (QED) is 0.849. The summed E-state index contributed by atoms with van der Waals surface area (Å²) in [5.74, 6) is 0.0551. The Hall–Kier alpha value is -0.620. The van der Waals surface area contributed by atoms with Crippen LogP contribution in [0.1, 0.15) is 40.0 Å². The molecule has 0 bridgehead atoms. The second kappa shape index (κ2) is 7.09. The molecule has 1 fully saturated rings. The Balaban J connectivity index is 2.69. The maximum Gasteiger partial charge on any atom is 0.401 e. The average Bonchev–Trinajstić information content (AvgIpc) is 2.28. The predicted octanol–water partition coefficient (Wildman–Crippen LogP) is 2.87. The van der Waals surface area contributed by atoms with E-state index >= 15 is 0 Å². The fraction of sp³-hybridized carbons (Fsp3) is 0.933. The summed E-state index contributed by atoms with van der Waals surface area (Å²) in [6.45, 7) is 4.94. The number of rotatable bonds is 5. The number of hydrogen-bond acceptors (Lipinski definition) is 3. The molecule has 1 saturated carbocycles. The molecule has 0 heterocycles. The monoisotopic (exact) mass is 309 g/mol. The Morgan fingerprint density at radius 1 is 1.29 bits per heavy atom. The van der Waals surface area contributed by atoms with Gasteiger partial charge in [-0.3, -0.25) is 9.69 Å². The number of alkyl halides is 3. The van der Waals surface area contributed by atoms with Crippen molar-refractivity contribution in [3.63, 3.8) is 0 Å². The van der Waals surface area contributed by atoms with Crippen LogP contribution in [0.25, 0.3) is 0 Å². The van der Waals surface area contributed by atoms with E-state index in [0.717, 1.165) is 11.3 Å². The maximum absolute atomic E-state index is 12.5. The van der Waals surface area contributed by atoms with Crippen LogP contribution in [0.3, 0.4) is 0 Å². The molecular weight excluding hydrogens is 283 g/mol. The zero-order valence-corrected chi connectivity index (χ0v) is 13.0. The van der Waals surface area contributed by atoms with Gasteiger partial charge in [-0.1, -0.05) is 20.8 Å². The van der Waals surface area contributed by atoms with Crippen LogP contribution >= 0.6 is 0 Å². The van der Waals surface area contributed by atoms with Crippen molar-refractivity contribution in [1.29, 1.82) is 0 Å². The number of aliphatic hydroxyl groups excluding tert-OH is 1. The first kappa shape index (κ1) is 18.4. The molecule has 0 radical (unpaired) electrons. The summed E-state index contributed by atoms with van der Waals surface area (Å²) in [4.78, 5) is 13.1. The van der Waals surface area contributed by atoms with Gasteiger partial charge in [-0.05, 0) is 24.2 Å². The molecule has 1 aliphatic rings. The van der Waals surface area contributed by atoms with Gasteiger partial charge in [-0.15, -0.1) is 0 Å². The molecule has 2 unspecified atom stereocenters. The van der Waals surface area contributed by atoms with Crippen LogP contribution in [0, 0.1) is 17.3 Å². The summed E-state index contributed by atoms with van der Waals surface area (Å²) >= 11 is 0. The molecule has 21 heavy (non-hydrogen) atoms. The van der Waals surface area contributed by atoms with Crippen molar-refractivity contribution in [3.05, 3.63) is 0 Å². The van der Waals surface area contributed by atoms with Gasteiger partial charge >= 0.3 is 6.18 Å². The number of carbonyl (C=O) groups excluding carboxylic acids is 1. The van der Waals surface area contributed by atoms with Crippen LogP contribution < -0.4 is 0 Å². The molecule has 0 aliphatic heterocycles. The molecule has 0 aromatic carbocycles. The van der Waals surface area contributed by atoms with Crippen LogP contribution in [0.4, 0.5) is 13.2 Å². The lowest BCUT2D eigenvalue weighted by atomic mass is 9.68. The Bertz CT molecular complexity index is 350. The first-order chi connectivity index (χ1) is 9.53. The van der Waals surface area contributed by atoms with E-state index in [1.807, 2.05) is 0 Å². The van der Waals surface area contributed by atoms with Crippen molar-refractivity contribution in [2.45, 2.75) is 46.2 Å². The van der Waals surface area contributed by atoms with Gasteiger partial charge in [0.1, 0.15) is 5.78 Å². The van der Waals surface area contributed by atoms with Gasteiger partial charge < -0.3 is 5.11 Å². The number of halogens is 3. The van der Waals surface area contributed by atoms with Crippen LogP contribution in [-0.2, 0) is 4.79 Å². The predicted molar refractivity (Wildman–Crippen MR) is 74.9 cm³/mol. The molecule has 0 amide bonds.